The van der Waals surface area contributed by atoms with Crippen LogP contribution in [-0.4, -0.2) is 5.30 Å². The van der Waals surface area contributed by atoms with E-state index in [9.17, 15) is 4.79 Å². The molecule has 0 spiro atoms. The van der Waals surface area contributed by atoms with Gasteiger partial charge in [0.2, 0.25) is 0 Å². The van der Waals surface area contributed by atoms with Crippen molar-refractivity contribution < 1.29 is 9.53 Å². The van der Waals surface area contributed by atoms with Crippen molar-refractivity contribution >= 4 is 17.9 Å². The second-order valence-electron chi connectivity index (χ2n) is 3.24. The third-order valence-corrected chi connectivity index (χ3v) is 1.90. The fraction of sp³-hybridized carbons (Fsp3) is 0.300. The number of hydrogen-bond acceptors (Lipinski definition) is 2. The SMILES string of the molecule is CC(C)(OC(=O)S)c1ccccc1. The molecule has 13 heavy (non-hydrogen) atoms. The molecule has 0 saturated heterocycles. The van der Waals surface area contributed by atoms with E-state index < -0.39 is 10.9 Å². The summed E-state index contributed by atoms with van der Waals surface area (Å²) < 4.78 is 5.05. The Bertz CT molecular complexity index is 293. The third kappa shape index (κ3) is 2.77. The van der Waals surface area contributed by atoms with Crippen molar-refractivity contribution in [2.24, 2.45) is 0 Å². The number of thiol groups is 1. The maximum atomic E-state index is 10.7. The van der Waals surface area contributed by atoms with E-state index in [0.717, 1.165) is 5.56 Å². The lowest BCUT2D eigenvalue weighted by Gasteiger charge is -2.24. The normalized spacial score (nSPS) is 11.0. The van der Waals surface area contributed by atoms with Crippen LogP contribution in [0.4, 0.5) is 4.79 Å². The van der Waals surface area contributed by atoms with Gasteiger partial charge in [-0.15, -0.1) is 0 Å². The van der Waals surface area contributed by atoms with Gasteiger partial charge >= 0.3 is 5.30 Å². The predicted molar refractivity (Wildman–Crippen MR) is 54.9 cm³/mol. The van der Waals surface area contributed by atoms with Gasteiger partial charge in [0.1, 0.15) is 5.60 Å². The van der Waals surface area contributed by atoms with Gasteiger partial charge in [-0.1, -0.05) is 43.0 Å². The summed E-state index contributed by atoms with van der Waals surface area (Å²) in [5, 5.41) is -0.561. The fourth-order valence-electron chi connectivity index (χ4n) is 1.12. The van der Waals surface area contributed by atoms with Gasteiger partial charge in [-0.2, -0.15) is 0 Å². The van der Waals surface area contributed by atoms with Crippen molar-refractivity contribution in [3.8, 4) is 0 Å². The van der Waals surface area contributed by atoms with Crippen LogP contribution in [-0.2, 0) is 10.3 Å². The lowest BCUT2D eigenvalue weighted by atomic mass is 9.98. The smallest absolute Gasteiger partial charge is 0.365 e. The molecule has 0 aliphatic rings. The zero-order valence-corrected chi connectivity index (χ0v) is 8.54. The fourth-order valence-corrected chi connectivity index (χ4v) is 1.34. The topological polar surface area (TPSA) is 26.3 Å². The van der Waals surface area contributed by atoms with Gasteiger partial charge in [0.15, 0.2) is 0 Å². The molecular weight excluding hydrogens is 184 g/mol. The highest BCUT2D eigenvalue weighted by Gasteiger charge is 2.23. The van der Waals surface area contributed by atoms with E-state index in [0.29, 0.717) is 0 Å². The van der Waals surface area contributed by atoms with Gasteiger partial charge in [-0.25, -0.2) is 4.79 Å². The molecule has 3 heteroatoms. The van der Waals surface area contributed by atoms with Crippen molar-refractivity contribution in [1.29, 1.82) is 0 Å². The number of rotatable bonds is 2. The molecule has 0 amide bonds. The minimum atomic E-state index is -0.611. The van der Waals surface area contributed by atoms with Gasteiger partial charge in [-0.3, -0.25) is 0 Å². The first-order chi connectivity index (χ1) is 6.02. The summed E-state index contributed by atoms with van der Waals surface area (Å²) in [6.45, 7) is 3.66. The van der Waals surface area contributed by atoms with Crippen LogP contribution in [0, 0.1) is 0 Å². The second kappa shape index (κ2) is 3.83. The Balaban J connectivity index is 2.87. The molecule has 0 atom stereocenters. The molecule has 0 aromatic heterocycles. The lowest BCUT2D eigenvalue weighted by molar-refractivity contribution is 0.0567. The van der Waals surface area contributed by atoms with Crippen LogP contribution < -0.4 is 0 Å². The van der Waals surface area contributed by atoms with Gasteiger partial charge in [0, 0.05) is 0 Å². The van der Waals surface area contributed by atoms with E-state index in [4.69, 9.17) is 4.74 Å². The summed E-state index contributed by atoms with van der Waals surface area (Å²) in [7, 11) is 0. The molecule has 0 aliphatic carbocycles. The molecular formula is C10H12O2S. The van der Waals surface area contributed by atoms with Gasteiger partial charge in [0.25, 0.3) is 0 Å². The summed E-state index contributed by atoms with van der Waals surface area (Å²) in [4.78, 5) is 10.7. The lowest BCUT2D eigenvalue weighted by Crippen LogP contribution is -2.22. The van der Waals surface area contributed by atoms with Crippen molar-refractivity contribution in [1.82, 2.24) is 0 Å². The maximum absolute atomic E-state index is 10.7. The average Bonchev–Trinajstić information content (AvgIpc) is 2.04. The summed E-state index contributed by atoms with van der Waals surface area (Å²) >= 11 is 3.58. The number of benzene rings is 1. The van der Waals surface area contributed by atoms with E-state index >= 15 is 0 Å². The Morgan fingerprint density at radius 3 is 2.31 bits per heavy atom. The number of carbonyl (C=O) groups excluding carboxylic acids is 1. The number of hydrogen-bond donors (Lipinski definition) is 1. The van der Waals surface area contributed by atoms with E-state index in [1.165, 1.54) is 0 Å². The van der Waals surface area contributed by atoms with E-state index in [1.54, 1.807) is 0 Å². The Morgan fingerprint density at radius 2 is 1.85 bits per heavy atom. The summed E-state index contributed by atoms with van der Waals surface area (Å²) in [5.74, 6) is 0. The molecule has 0 heterocycles. The highest BCUT2D eigenvalue weighted by molar-refractivity contribution is 7.96. The molecule has 0 N–H and O–H groups in total. The minimum Gasteiger partial charge on any atom is -0.447 e. The Hall–Kier alpha value is -0.960. The van der Waals surface area contributed by atoms with Crippen LogP contribution in [0.3, 0.4) is 0 Å². The van der Waals surface area contributed by atoms with Gasteiger partial charge in [0.05, 0.1) is 0 Å². The monoisotopic (exact) mass is 196 g/mol. The van der Waals surface area contributed by atoms with Crippen LogP contribution >= 0.6 is 12.6 Å². The highest BCUT2D eigenvalue weighted by atomic mass is 32.1. The number of carbonyl (C=O) groups is 1. The third-order valence-electron chi connectivity index (χ3n) is 1.81. The molecule has 0 bridgehead atoms. The van der Waals surface area contributed by atoms with E-state index in [2.05, 4.69) is 12.6 Å². The number of ether oxygens (including phenoxy) is 1. The van der Waals surface area contributed by atoms with Crippen LogP contribution in [0.5, 0.6) is 0 Å². The summed E-state index contributed by atoms with van der Waals surface area (Å²) in [5.41, 5.74) is 0.345. The van der Waals surface area contributed by atoms with Crippen molar-refractivity contribution in [2.45, 2.75) is 19.4 Å². The zero-order valence-electron chi connectivity index (χ0n) is 7.65. The molecule has 0 aliphatic heterocycles. The predicted octanol–water partition coefficient (Wildman–Crippen LogP) is 2.99. The standard InChI is InChI=1S/C10H12O2S/c1-10(2,12-9(11)13)8-6-4-3-5-7-8/h3-7H,1-2H3,(H,11,13). The van der Waals surface area contributed by atoms with Crippen LogP contribution in [0.15, 0.2) is 30.3 Å². The van der Waals surface area contributed by atoms with Crippen molar-refractivity contribution in [2.75, 3.05) is 0 Å². The summed E-state index contributed by atoms with van der Waals surface area (Å²) in [6, 6.07) is 9.56. The zero-order chi connectivity index (χ0) is 9.90. The Kier molecular flexibility index (Phi) is 2.98. The molecule has 70 valence electrons. The van der Waals surface area contributed by atoms with Crippen molar-refractivity contribution in [3.05, 3.63) is 35.9 Å². The second-order valence-corrected chi connectivity index (χ2v) is 3.61. The first-order valence-corrected chi connectivity index (χ1v) is 4.44. The largest absolute Gasteiger partial charge is 0.447 e. The molecule has 1 aromatic carbocycles. The quantitative estimate of drug-likeness (QED) is 0.581. The van der Waals surface area contributed by atoms with Crippen LogP contribution in [0.2, 0.25) is 0 Å². The van der Waals surface area contributed by atoms with Gasteiger partial charge in [-0.05, 0) is 19.4 Å². The molecule has 0 unspecified atom stereocenters. The van der Waals surface area contributed by atoms with Crippen LogP contribution in [0.25, 0.3) is 0 Å². The first-order valence-electron chi connectivity index (χ1n) is 4.00. The van der Waals surface area contributed by atoms with E-state index in [-0.39, 0.29) is 0 Å². The first kappa shape index (κ1) is 10.1. The van der Waals surface area contributed by atoms with Gasteiger partial charge < -0.3 is 4.74 Å². The molecule has 0 fully saturated rings. The van der Waals surface area contributed by atoms with Crippen LogP contribution in [0.1, 0.15) is 19.4 Å². The Labute approximate surface area is 83.3 Å². The van der Waals surface area contributed by atoms with Crippen molar-refractivity contribution in [3.63, 3.8) is 0 Å². The maximum Gasteiger partial charge on any atom is 0.365 e. The molecule has 0 radical (unpaired) electrons. The molecule has 0 saturated carbocycles. The molecule has 1 aromatic rings. The Morgan fingerprint density at radius 1 is 1.31 bits per heavy atom. The average molecular weight is 196 g/mol. The molecule has 1 rings (SSSR count). The minimum absolute atomic E-state index is 0.561. The highest BCUT2D eigenvalue weighted by Crippen LogP contribution is 2.24. The summed E-state index contributed by atoms with van der Waals surface area (Å²) in [6.07, 6.45) is 0. The molecule has 2 nitrogen and oxygen atoms in total. The van der Waals surface area contributed by atoms with E-state index in [1.807, 2.05) is 44.2 Å².